The summed E-state index contributed by atoms with van der Waals surface area (Å²) < 4.78 is 13.5. The number of carbonyl (C=O) groups is 2. The minimum absolute atomic E-state index is 0.149. The van der Waals surface area contributed by atoms with Crippen LogP contribution in [0.4, 0.5) is 10.1 Å². The fourth-order valence-corrected chi connectivity index (χ4v) is 3.05. The molecule has 3 nitrogen and oxygen atoms in total. The summed E-state index contributed by atoms with van der Waals surface area (Å²) in [7, 11) is 0. The molecule has 0 radical (unpaired) electrons. The zero-order valence-electron chi connectivity index (χ0n) is 10.2. The normalized spacial score (nSPS) is 14.0. The zero-order valence-corrected chi connectivity index (χ0v) is 11.8. The van der Waals surface area contributed by atoms with E-state index in [9.17, 15) is 14.0 Å². The summed E-state index contributed by atoms with van der Waals surface area (Å²) in [6.07, 6.45) is 0.617. The van der Waals surface area contributed by atoms with Gasteiger partial charge in [-0.3, -0.25) is 9.59 Å². The second kappa shape index (κ2) is 5.00. The molecule has 1 aliphatic rings. The number of fused-ring (bicyclic) bond motifs is 1. The molecule has 1 aliphatic heterocycles. The summed E-state index contributed by atoms with van der Waals surface area (Å²) in [5, 5.41) is 3.77. The molecule has 1 aromatic carbocycles. The summed E-state index contributed by atoms with van der Waals surface area (Å²) in [6.45, 7) is 0.343. The fraction of sp³-hybridized carbons (Fsp3) is 0.143. The molecular weight excluding hydrogens is 301 g/mol. The Morgan fingerprint density at radius 2 is 2.10 bits per heavy atom. The predicted octanol–water partition coefficient (Wildman–Crippen LogP) is 3.31. The van der Waals surface area contributed by atoms with E-state index in [0.29, 0.717) is 18.7 Å². The first-order valence-corrected chi connectivity index (χ1v) is 7.26. The van der Waals surface area contributed by atoms with E-state index in [1.165, 1.54) is 11.0 Å². The van der Waals surface area contributed by atoms with Crippen LogP contribution in [0.2, 0.25) is 5.02 Å². The third-order valence-corrected chi connectivity index (χ3v) is 4.24. The molecule has 0 fully saturated rings. The van der Waals surface area contributed by atoms with Crippen LogP contribution < -0.4 is 4.90 Å². The first kappa shape index (κ1) is 13.3. The minimum Gasteiger partial charge on any atom is -0.304 e. The van der Waals surface area contributed by atoms with E-state index in [4.69, 9.17) is 11.6 Å². The maximum atomic E-state index is 13.5. The number of halogens is 2. The van der Waals surface area contributed by atoms with Gasteiger partial charge in [-0.25, -0.2) is 4.39 Å². The standard InChI is InChI=1S/C14H9ClFNO2S/c15-10-5-9-12(6-11(10)16)17(14(19)13(9)18)3-1-8-2-4-20-7-8/h2,4-7H,1,3H2. The van der Waals surface area contributed by atoms with Crippen molar-refractivity contribution < 1.29 is 14.0 Å². The topological polar surface area (TPSA) is 37.4 Å². The molecular formula is C14H9ClFNO2S. The maximum absolute atomic E-state index is 13.5. The maximum Gasteiger partial charge on any atom is 0.299 e. The number of carbonyl (C=O) groups excluding carboxylic acids is 2. The highest BCUT2D eigenvalue weighted by molar-refractivity contribution is 7.07. The Hall–Kier alpha value is -1.72. The van der Waals surface area contributed by atoms with Crippen LogP contribution in [0.25, 0.3) is 0 Å². The Kier molecular flexibility index (Phi) is 3.31. The van der Waals surface area contributed by atoms with Crippen molar-refractivity contribution in [2.45, 2.75) is 6.42 Å². The van der Waals surface area contributed by atoms with Gasteiger partial charge in [0, 0.05) is 6.54 Å². The first-order chi connectivity index (χ1) is 9.58. The first-order valence-electron chi connectivity index (χ1n) is 5.94. The van der Waals surface area contributed by atoms with E-state index in [1.807, 2.05) is 16.8 Å². The van der Waals surface area contributed by atoms with Crippen LogP contribution in [-0.2, 0) is 11.2 Å². The summed E-state index contributed by atoms with van der Waals surface area (Å²) in [4.78, 5) is 25.1. The molecule has 0 N–H and O–H groups in total. The van der Waals surface area contributed by atoms with E-state index in [1.54, 1.807) is 11.3 Å². The van der Waals surface area contributed by atoms with Crippen molar-refractivity contribution in [2.75, 3.05) is 11.4 Å². The van der Waals surface area contributed by atoms with Crippen LogP contribution in [0, 0.1) is 5.82 Å². The van der Waals surface area contributed by atoms with Crippen LogP contribution in [0.1, 0.15) is 15.9 Å². The molecule has 2 heterocycles. The number of hydrogen-bond acceptors (Lipinski definition) is 3. The molecule has 0 aliphatic carbocycles. The van der Waals surface area contributed by atoms with E-state index >= 15 is 0 Å². The van der Waals surface area contributed by atoms with Gasteiger partial charge in [-0.2, -0.15) is 11.3 Å². The smallest absolute Gasteiger partial charge is 0.299 e. The number of benzene rings is 1. The average Bonchev–Trinajstić information content (AvgIpc) is 3.00. The molecule has 0 saturated heterocycles. The Labute approximate surface area is 123 Å². The number of nitrogens with zero attached hydrogens (tertiary/aromatic N) is 1. The van der Waals surface area contributed by atoms with Crippen LogP contribution in [-0.4, -0.2) is 18.2 Å². The van der Waals surface area contributed by atoms with Gasteiger partial charge in [0.15, 0.2) is 0 Å². The van der Waals surface area contributed by atoms with Gasteiger partial charge in [-0.15, -0.1) is 0 Å². The second-order valence-electron chi connectivity index (χ2n) is 4.45. The summed E-state index contributed by atoms with van der Waals surface area (Å²) in [5.74, 6) is -1.89. The lowest BCUT2D eigenvalue weighted by molar-refractivity contribution is -0.114. The molecule has 6 heteroatoms. The van der Waals surface area contributed by atoms with Gasteiger partial charge in [0.2, 0.25) is 0 Å². The van der Waals surface area contributed by atoms with Gasteiger partial charge in [-0.05, 0) is 40.9 Å². The Bertz CT molecular complexity index is 699. The van der Waals surface area contributed by atoms with Crippen molar-refractivity contribution in [3.8, 4) is 0 Å². The van der Waals surface area contributed by atoms with Crippen molar-refractivity contribution >= 4 is 40.3 Å². The number of rotatable bonds is 3. The number of thiophene rings is 1. The monoisotopic (exact) mass is 309 g/mol. The van der Waals surface area contributed by atoms with E-state index in [0.717, 1.165) is 11.6 Å². The highest BCUT2D eigenvalue weighted by Crippen LogP contribution is 2.33. The molecule has 3 rings (SSSR count). The summed E-state index contributed by atoms with van der Waals surface area (Å²) >= 11 is 7.22. The molecule has 0 bridgehead atoms. The highest BCUT2D eigenvalue weighted by Gasteiger charge is 2.36. The summed E-state index contributed by atoms with van der Waals surface area (Å²) in [6, 6.07) is 4.32. The van der Waals surface area contributed by atoms with Crippen molar-refractivity contribution in [3.05, 3.63) is 50.9 Å². The van der Waals surface area contributed by atoms with Crippen molar-refractivity contribution in [3.63, 3.8) is 0 Å². The number of ketones is 1. The van der Waals surface area contributed by atoms with Crippen LogP contribution in [0.3, 0.4) is 0 Å². The molecule has 0 spiro atoms. The predicted molar refractivity (Wildman–Crippen MR) is 76.1 cm³/mol. The highest BCUT2D eigenvalue weighted by atomic mass is 35.5. The fourth-order valence-electron chi connectivity index (χ4n) is 2.19. The molecule has 0 atom stereocenters. The molecule has 0 unspecified atom stereocenters. The quantitative estimate of drug-likeness (QED) is 0.816. The second-order valence-corrected chi connectivity index (χ2v) is 5.64. The number of hydrogen-bond donors (Lipinski definition) is 0. The molecule has 2 aromatic rings. The van der Waals surface area contributed by atoms with Crippen LogP contribution in [0.15, 0.2) is 29.0 Å². The Balaban J connectivity index is 1.91. The third-order valence-electron chi connectivity index (χ3n) is 3.22. The van der Waals surface area contributed by atoms with Crippen molar-refractivity contribution in [2.24, 2.45) is 0 Å². The molecule has 1 aromatic heterocycles. The van der Waals surface area contributed by atoms with Crippen molar-refractivity contribution in [1.82, 2.24) is 0 Å². The van der Waals surface area contributed by atoms with Crippen LogP contribution in [0.5, 0.6) is 0 Å². The van der Waals surface area contributed by atoms with Gasteiger partial charge in [-0.1, -0.05) is 11.6 Å². The van der Waals surface area contributed by atoms with Gasteiger partial charge in [0.05, 0.1) is 16.3 Å². The minimum atomic E-state index is -0.632. The van der Waals surface area contributed by atoms with Crippen molar-refractivity contribution in [1.29, 1.82) is 0 Å². The van der Waals surface area contributed by atoms with Gasteiger partial charge >= 0.3 is 0 Å². The summed E-state index contributed by atoms with van der Waals surface area (Å²) in [5.41, 5.74) is 1.56. The lowest BCUT2D eigenvalue weighted by Crippen LogP contribution is -2.31. The van der Waals surface area contributed by atoms with Gasteiger partial charge in [0.25, 0.3) is 11.7 Å². The molecule has 20 heavy (non-hydrogen) atoms. The average molecular weight is 310 g/mol. The third kappa shape index (κ3) is 2.13. The Morgan fingerprint density at radius 1 is 1.30 bits per heavy atom. The molecule has 102 valence electrons. The van der Waals surface area contributed by atoms with E-state index in [2.05, 4.69) is 0 Å². The Morgan fingerprint density at radius 3 is 2.80 bits per heavy atom. The molecule has 1 amide bonds. The lowest BCUT2D eigenvalue weighted by Gasteiger charge is -2.16. The lowest BCUT2D eigenvalue weighted by atomic mass is 10.1. The largest absolute Gasteiger partial charge is 0.304 e. The zero-order chi connectivity index (χ0) is 14.3. The number of amides is 1. The SMILES string of the molecule is O=C1C(=O)N(CCc2ccsc2)c2cc(F)c(Cl)cc21. The van der Waals surface area contributed by atoms with E-state index < -0.39 is 17.5 Å². The number of anilines is 1. The van der Waals surface area contributed by atoms with Gasteiger partial charge in [0.1, 0.15) is 5.82 Å². The number of Topliss-reactive ketones (excluding diaryl/α,β-unsaturated/α-hetero) is 1. The van der Waals surface area contributed by atoms with Gasteiger partial charge < -0.3 is 4.90 Å². The molecule has 0 saturated carbocycles. The van der Waals surface area contributed by atoms with Crippen LogP contribution >= 0.6 is 22.9 Å². The van der Waals surface area contributed by atoms with E-state index in [-0.39, 0.29) is 10.6 Å².